The van der Waals surface area contributed by atoms with Gasteiger partial charge in [-0.1, -0.05) is 12.1 Å². The van der Waals surface area contributed by atoms with Crippen LogP contribution in [0.5, 0.6) is 0 Å². The highest BCUT2D eigenvalue weighted by Gasteiger charge is 2.15. The fourth-order valence-corrected chi connectivity index (χ4v) is 1.82. The third-order valence-corrected chi connectivity index (χ3v) is 3.10. The van der Waals surface area contributed by atoms with Crippen LogP contribution in [0.4, 0.5) is 15.8 Å². The lowest BCUT2D eigenvalue weighted by Gasteiger charge is -2.07. The number of nitro groups is 1. The maximum absolute atomic E-state index is 13.4. The molecule has 0 heterocycles. The molecule has 0 saturated carbocycles. The number of nitro benzene ring substituents is 1. The standard InChI is InChI=1S/C15H13FN2O3/c1-9-4-6-12(8-13(9)16)17-15(19)11-5-3-10(2)14(7-11)18(20)21/h3-8H,1-2H3,(H,17,19). The molecule has 0 unspecified atom stereocenters. The van der Waals surface area contributed by atoms with Crippen LogP contribution in [0, 0.1) is 29.8 Å². The van der Waals surface area contributed by atoms with Gasteiger partial charge in [0.15, 0.2) is 0 Å². The topological polar surface area (TPSA) is 72.2 Å². The van der Waals surface area contributed by atoms with E-state index in [1.165, 1.54) is 24.3 Å². The highest BCUT2D eigenvalue weighted by molar-refractivity contribution is 6.04. The Labute approximate surface area is 120 Å². The van der Waals surface area contributed by atoms with Crippen molar-refractivity contribution >= 4 is 17.3 Å². The van der Waals surface area contributed by atoms with Gasteiger partial charge in [-0.05, 0) is 37.6 Å². The Morgan fingerprint density at radius 2 is 1.81 bits per heavy atom. The van der Waals surface area contributed by atoms with Crippen LogP contribution in [0.25, 0.3) is 0 Å². The Kier molecular flexibility index (Phi) is 3.98. The molecule has 0 aliphatic carbocycles. The van der Waals surface area contributed by atoms with E-state index in [1.54, 1.807) is 26.0 Å². The van der Waals surface area contributed by atoms with Gasteiger partial charge in [-0.15, -0.1) is 0 Å². The van der Waals surface area contributed by atoms with Gasteiger partial charge in [-0.2, -0.15) is 0 Å². The van der Waals surface area contributed by atoms with Crippen LogP contribution in [0.2, 0.25) is 0 Å². The number of rotatable bonds is 3. The van der Waals surface area contributed by atoms with Gasteiger partial charge >= 0.3 is 0 Å². The van der Waals surface area contributed by atoms with E-state index in [0.717, 1.165) is 0 Å². The molecular weight excluding hydrogens is 275 g/mol. The van der Waals surface area contributed by atoms with Crippen LogP contribution in [0.15, 0.2) is 36.4 Å². The molecule has 5 nitrogen and oxygen atoms in total. The number of hydrogen-bond acceptors (Lipinski definition) is 3. The van der Waals surface area contributed by atoms with Crippen molar-refractivity contribution in [1.82, 2.24) is 0 Å². The summed E-state index contributed by atoms with van der Waals surface area (Å²) >= 11 is 0. The molecule has 0 radical (unpaired) electrons. The fourth-order valence-electron chi connectivity index (χ4n) is 1.82. The predicted molar refractivity (Wildman–Crippen MR) is 76.9 cm³/mol. The molecule has 0 fully saturated rings. The number of anilines is 1. The van der Waals surface area contributed by atoms with Crippen LogP contribution in [-0.2, 0) is 0 Å². The molecular formula is C15H13FN2O3. The van der Waals surface area contributed by atoms with Gasteiger partial charge in [0.2, 0.25) is 0 Å². The molecule has 0 bridgehead atoms. The van der Waals surface area contributed by atoms with Crippen molar-refractivity contribution in [2.24, 2.45) is 0 Å². The molecule has 1 N–H and O–H groups in total. The molecule has 0 saturated heterocycles. The number of carbonyl (C=O) groups is 1. The third-order valence-electron chi connectivity index (χ3n) is 3.10. The van der Waals surface area contributed by atoms with Crippen molar-refractivity contribution in [3.05, 3.63) is 69.0 Å². The quantitative estimate of drug-likeness (QED) is 0.692. The van der Waals surface area contributed by atoms with E-state index in [1.807, 2.05) is 0 Å². The summed E-state index contributed by atoms with van der Waals surface area (Å²) in [4.78, 5) is 22.4. The Hall–Kier alpha value is -2.76. The van der Waals surface area contributed by atoms with Gasteiger partial charge in [0.05, 0.1) is 4.92 Å². The minimum absolute atomic E-state index is 0.127. The zero-order chi connectivity index (χ0) is 15.6. The van der Waals surface area contributed by atoms with Gasteiger partial charge in [-0.3, -0.25) is 14.9 Å². The van der Waals surface area contributed by atoms with Crippen molar-refractivity contribution < 1.29 is 14.1 Å². The summed E-state index contributed by atoms with van der Waals surface area (Å²) in [7, 11) is 0. The minimum Gasteiger partial charge on any atom is -0.322 e. The van der Waals surface area contributed by atoms with Crippen molar-refractivity contribution in [3.63, 3.8) is 0 Å². The lowest BCUT2D eigenvalue weighted by Crippen LogP contribution is -2.12. The van der Waals surface area contributed by atoms with E-state index in [9.17, 15) is 19.3 Å². The molecule has 0 aliphatic rings. The number of halogens is 1. The molecule has 0 aliphatic heterocycles. The largest absolute Gasteiger partial charge is 0.322 e. The minimum atomic E-state index is -0.544. The number of carbonyl (C=O) groups excluding carboxylic acids is 1. The summed E-state index contributed by atoms with van der Waals surface area (Å²) in [5.74, 6) is -0.955. The van der Waals surface area contributed by atoms with Gasteiger partial charge in [0.25, 0.3) is 11.6 Å². The average molecular weight is 288 g/mol. The van der Waals surface area contributed by atoms with Crippen molar-refractivity contribution in [3.8, 4) is 0 Å². The Bertz CT molecular complexity index is 729. The molecule has 2 aromatic rings. The number of amides is 1. The lowest BCUT2D eigenvalue weighted by molar-refractivity contribution is -0.385. The van der Waals surface area contributed by atoms with E-state index < -0.39 is 16.6 Å². The van der Waals surface area contributed by atoms with E-state index in [0.29, 0.717) is 16.8 Å². The van der Waals surface area contributed by atoms with Gasteiger partial charge in [-0.25, -0.2) is 4.39 Å². The number of nitrogens with zero attached hydrogens (tertiary/aromatic N) is 1. The zero-order valence-electron chi connectivity index (χ0n) is 11.5. The first-order chi connectivity index (χ1) is 9.88. The molecule has 0 atom stereocenters. The van der Waals surface area contributed by atoms with E-state index in [2.05, 4.69) is 5.32 Å². The Balaban J connectivity index is 2.26. The summed E-state index contributed by atoms with van der Waals surface area (Å²) in [6.45, 7) is 3.21. The van der Waals surface area contributed by atoms with Crippen molar-refractivity contribution in [2.75, 3.05) is 5.32 Å². The zero-order valence-corrected chi connectivity index (χ0v) is 11.5. The summed E-state index contributed by atoms with van der Waals surface area (Å²) < 4.78 is 13.4. The average Bonchev–Trinajstić information content (AvgIpc) is 2.43. The number of aryl methyl sites for hydroxylation is 2. The smallest absolute Gasteiger partial charge is 0.273 e. The van der Waals surface area contributed by atoms with Gasteiger partial charge < -0.3 is 5.32 Å². The van der Waals surface area contributed by atoms with Crippen molar-refractivity contribution in [2.45, 2.75) is 13.8 Å². The van der Waals surface area contributed by atoms with E-state index >= 15 is 0 Å². The molecule has 0 spiro atoms. The predicted octanol–water partition coefficient (Wildman–Crippen LogP) is 3.60. The molecule has 1 amide bonds. The summed E-state index contributed by atoms with van der Waals surface area (Å²) in [6.07, 6.45) is 0. The second-order valence-electron chi connectivity index (χ2n) is 4.68. The highest BCUT2D eigenvalue weighted by Crippen LogP contribution is 2.20. The third kappa shape index (κ3) is 3.22. The van der Waals surface area contributed by atoms with E-state index in [-0.39, 0.29) is 11.3 Å². The second-order valence-corrected chi connectivity index (χ2v) is 4.68. The fraction of sp³-hybridized carbons (Fsp3) is 0.133. The molecule has 21 heavy (non-hydrogen) atoms. The first kappa shape index (κ1) is 14.6. The molecule has 2 rings (SSSR count). The lowest BCUT2D eigenvalue weighted by atomic mass is 10.1. The number of hydrogen-bond donors (Lipinski definition) is 1. The number of nitrogens with one attached hydrogen (secondary N) is 1. The molecule has 6 heteroatoms. The monoisotopic (exact) mass is 288 g/mol. The highest BCUT2D eigenvalue weighted by atomic mass is 19.1. The summed E-state index contributed by atoms with van der Waals surface area (Å²) in [5.41, 5.74) is 1.26. The first-order valence-corrected chi connectivity index (χ1v) is 6.21. The van der Waals surface area contributed by atoms with Gasteiger partial charge in [0, 0.05) is 22.9 Å². The first-order valence-electron chi connectivity index (χ1n) is 6.21. The van der Waals surface area contributed by atoms with Crippen LogP contribution >= 0.6 is 0 Å². The van der Waals surface area contributed by atoms with Gasteiger partial charge in [0.1, 0.15) is 5.82 Å². The van der Waals surface area contributed by atoms with Crippen molar-refractivity contribution in [1.29, 1.82) is 0 Å². The molecule has 2 aromatic carbocycles. The Morgan fingerprint density at radius 3 is 2.43 bits per heavy atom. The SMILES string of the molecule is Cc1ccc(NC(=O)c2ccc(C)c([N+](=O)[O-])c2)cc1F. The van der Waals surface area contributed by atoms with Crippen LogP contribution < -0.4 is 5.32 Å². The van der Waals surface area contributed by atoms with Crippen LogP contribution in [-0.4, -0.2) is 10.8 Å². The van der Waals surface area contributed by atoms with Crippen LogP contribution in [0.1, 0.15) is 21.5 Å². The summed E-state index contributed by atoms with van der Waals surface area (Å²) in [5, 5.41) is 13.4. The normalized spacial score (nSPS) is 10.2. The maximum atomic E-state index is 13.4. The summed E-state index contributed by atoms with van der Waals surface area (Å²) in [6, 6.07) is 8.51. The molecule has 108 valence electrons. The van der Waals surface area contributed by atoms with E-state index in [4.69, 9.17) is 0 Å². The molecule has 0 aromatic heterocycles. The maximum Gasteiger partial charge on any atom is 0.273 e. The second kappa shape index (κ2) is 5.70. The van der Waals surface area contributed by atoms with Crippen LogP contribution in [0.3, 0.4) is 0 Å². The number of benzene rings is 2. The Morgan fingerprint density at radius 1 is 1.14 bits per heavy atom.